The Bertz CT molecular complexity index is 375. The summed E-state index contributed by atoms with van der Waals surface area (Å²) in [6.07, 6.45) is 1.59. The molecule has 1 N–H and O–H groups in total. The summed E-state index contributed by atoms with van der Waals surface area (Å²) in [4.78, 5) is 11.9. The Morgan fingerprint density at radius 3 is 2.69 bits per heavy atom. The molecule has 1 aromatic heterocycles. The maximum absolute atomic E-state index is 11.9. The first-order valence-electron chi connectivity index (χ1n) is 5.32. The maximum Gasteiger partial charge on any atom is 0.254 e. The van der Waals surface area contributed by atoms with E-state index in [1.807, 2.05) is 27.8 Å². The Balaban J connectivity index is 2.69. The van der Waals surface area contributed by atoms with Gasteiger partial charge < -0.3 is 5.32 Å². The fourth-order valence-corrected chi connectivity index (χ4v) is 1.55. The summed E-state index contributed by atoms with van der Waals surface area (Å²) in [6.45, 7) is 5.84. The fraction of sp³-hybridized carbons (Fsp3) is 0.636. The SMILES string of the molecule is Cc1c(C(=O)NC(C)C(C)CCl)cnn1C. The number of nitrogens with one attached hydrogen (secondary N) is 1. The van der Waals surface area contributed by atoms with Crippen LogP contribution < -0.4 is 5.32 Å². The molecule has 1 amide bonds. The number of hydrogen-bond donors (Lipinski definition) is 1. The lowest BCUT2D eigenvalue weighted by atomic mass is 10.1. The Hall–Kier alpha value is -1.03. The van der Waals surface area contributed by atoms with E-state index in [1.54, 1.807) is 10.9 Å². The van der Waals surface area contributed by atoms with Crippen molar-refractivity contribution in [2.24, 2.45) is 13.0 Å². The molecule has 0 aliphatic carbocycles. The second-order valence-corrected chi connectivity index (χ2v) is 4.47. The number of aromatic nitrogens is 2. The van der Waals surface area contributed by atoms with Gasteiger partial charge in [0.15, 0.2) is 0 Å². The highest BCUT2D eigenvalue weighted by molar-refractivity contribution is 6.18. The summed E-state index contributed by atoms with van der Waals surface area (Å²) in [6, 6.07) is 0.0598. The van der Waals surface area contributed by atoms with E-state index in [0.717, 1.165) is 5.69 Å². The lowest BCUT2D eigenvalue weighted by Gasteiger charge is -2.18. The summed E-state index contributed by atoms with van der Waals surface area (Å²) < 4.78 is 1.69. The number of rotatable bonds is 4. The maximum atomic E-state index is 11.9. The molecular weight excluding hydrogens is 226 g/mol. The number of hydrogen-bond acceptors (Lipinski definition) is 2. The highest BCUT2D eigenvalue weighted by Gasteiger charge is 2.17. The van der Waals surface area contributed by atoms with Crippen LogP contribution in [0, 0.1) is 12.8 Å². The van der Waals surface area contributed by atoms with E-state index in [9.17, 15) is 4.79 Å². The Labute approximate surface area is 101 Å². The van der Waals surface area contributed by atoms with Gasteiger partial charge in [-0.25, -0.2) is 0 Å². The number of carbonyl (C=O) groups excluding carboxylic acids is 1. The monoisotopic (exact) mass is 243 g/mol. The highest BCUT2D eigenvalue weighted by atomic mass is 35.5. The standard InChI is InChI=1S/C11H18ClN3O/c1-7(5-12)8(2)14-11(16)10-6-13-15(4)9(10)3/h6-8H,5H2,1-4H3,(H,14,16). The van der Waals surface area contributed by atoms with Crippen molar-refractivity contribution in [3.05, 3.63) is 17.5 Å². The summed E-state index contributed by atoms with van der Waals surface area (Å²) in [7, 11) is 1.82. The number of alkyl halides is 1. The van der Waals surface area contributed by atoms with Gasteiger partial charge in [0.25, 0.3) is 5.91 Å². The third-order valence-electron chi connectivity index (χ3n) is 2.94. The smallest absolute Gasteiger partial charge is 0.254 e. The van der Waals surface area contributed by atoms with E-state index in [-0.39, 0.29) is 17.9 Å². The average molecular weight is 244 g/mol. The minimum absolute atomic E-state index is 0.0598. The van der Waals surface area contributed by atoms with E-state index >= 15 is 0 Å². The van der Waals surface area contributed by atoms with Crippen LogP contribution in [0.25, 0.3) is 0 Å². The Morgan fingerprint density at radius 2 is 2.25 bits per heavy atom. The first-order valence-corrected chi connectivity index (χ1v) is 5.86. The molecule has 2 atom stereocenters. The van der Waals surface area contributed by atoms with Gasteiger partial charge in [-0.2, -0.15) is 5.10 Å². The van der Waals surface area contributed by atoms with Crippen LogP contribution in [0.2, 0.25) is 0 Å². The van der Waals surface area contributed by atoms with E-state index < -0.39 is 0 Å². The molecule has 0 saturated heterocycles. The topological polar surface area (TPSA) is 46.9 Å². The van der Waals surface area contributed by atoms with Gasteiger partial charge in [0.2, 0.25) is 0 Å². The molecule has 1 heterocycles. The van der Waals surface area contributed by atoms with Gasteiger partial charge in [-0.3, -0.25) is 9.48 Å². The van der Waals surface area contributed by atoms with Crippen molar-refractivity contribution in [2.75, 3.05) is 5.88 Å². The summed E-state index contributed by atoms with van der Waals surface area (Å²) in [5.74, 6) is 0.700. The molecule has 0 aromatic carbocycles. The van der Waals surface area contributed by atoms with E-state index in [1.165, 1.54) is 0 Å². The zero-order valence-corrected chi connectivity index (χ0v) is 10.9. The van der Waals surface area contributed by atoms with E-state index in [4.69, 9.17) is 11.6 Å². The molecule has 0 aliphatic rings. The first kappa shape index (κ1) is 13.0. The minimum Gasteiger partial charge on any atom is -0.349 e. The molecule has 4 nitrogen and oxygen atoms in total. The van der Waals surface area contributed by atoms with Crippen molar-refractivity contribution in [1.29, 1.82) is 0 Å². The predicted molar refractivity (Wildman–Crippen MR) is 64.8 cm³/mol. The molecule has 0 radical (unpaired) electrons. The Morgan fingerprint density at radius 1 is 1.62 bits per heavy atom. The lowest BCUT2D eigenvalue weighted by molar-refractivity contribution is 0.0930. The molecule has 0 saturated carbocycles. The van der Waals surface area contributed by atoms with Crippen LogP contribution >= 0.6 is 11.6 Å². The quantitative estimate of drug-likeness (QED) is 0.819. The number of halogens is 1. The van der Waals surface area contributed by atoms with E-state index in [0.29, 0.717) is 11.4 Å². The van der Waals surface area contributed by atoms with Crippen LogP contribution in [0.15, 0.2) is 6.20 Å². The molecule has 0 bridgehead atoms. The van der Waals surface area contributed by atoms with Crippen molar-refractivity contribution in [3.8, 4) is 0 Å². The third kappa shape index (κ3) is 2.76. The fourth-order valence-electron chi connectivity index (χ4n) is 1.28. The minimum atomic E-state index is -0.0879. The molecule has 1 aromatic rings. The molecule has 16 heavy (non-hydrogen) atoms. The van der Waals surface area contributed by atoms with Crippen molar-refractivity contribution in [1.82, 2.24) is 15.1 Å². The van der Waals surface area contributed by atoms with Crippen molar-refractivity contribution in [2.45, 2.75) is 26.8 Å². The normalized spacial score (nSPS) is 14.6. The number of nitrogens with zero attached hydrogens (tertiary/aromatic N) is 2. The van der Waals surface area contributed by atoms with Crippen molar-refractivity contribution < 1.29 is 4.79 Å². The predicted octanol–water partition coefficient (Wildman–Crippen LogP) is 1.72. The number of carbonyl (C=O) groups is 1. The molecular formula is C11H18ClN3O. The second kappa shape index (κ2) is 5.34. The van der Waals surface area contributed by atoms with Gasteiger partial charge in [-0.15, -0.1) is 11.6 Å². The second-order valence-electron chi connectivity index (χ2n) is 4.16. The van der Waals surface area contributed by atoms with Gasteiger partial charge in [0, 0.05) is 24.7 Å². The molecule has 1 rings (SSSR count). The van der Waals surface area contributed by atoms with Crippen LogP contribution in [0.5, 0.6) is 0 Å². The molecule has 2 unspecified atom stereocenters. The highest BCUT2D eigenvalue weighted by Crippen LogP contribution is 2.09. The lowest BCUT2D eigenvalue weighted by Crippen LogP contribution is -2.37. The van der Waals surface area contributed by atoms with Crippen LogP contribution in [0.1, 0.15) is 29.9 Å². The molecule has 0 fully saturated rings. The van der Waals surface area contributed by atoms with Crippen molar-refractivity contribution >= 4 is 17.5 Å². The molecule has 0 spiro atoms. The van der Waals surface area contributed by atoms with Crippen LogP contribution in [0.4, 0.5) is 0 Å². The average Bonchev–Trinajstić information content (AvgIpc) is 2.58. The van der Waals surface area contributed by atoms with Crippen LogP contribution in [0.3, 0.4) is 0 Å². The molecule has 5 heteroatoms. The van der Waals surface area contributed by atoms with Gasteiger partial charge in [0.05, 0.1) is 11.8 Å². The van der Waals surface area contributed by atoms with Gasteiger partial charge in [0.1, 0.15) is 0 Å². The number of aryl methyl sites for hydroxylation is 1. The zero-order valence-electron chi connectivity index (χ0n) is 10.1. The summed E-state index contributed by atoms with van der Waals surface area (Å²) in [5, 5.41) is 6.96. The largest absolute Gasteiger partial charge is 0.349 e. The zero-order chi connectivity index (χ0) is 12.3. The van der Waals surface area contributed by atoms with E-state index in [2.05, 4.69) is 10.4 Å². The number of amides is 1. The van der Waals surface area contributed by atoms with Gasteiger partial charge in [-0.1, -0.05) is 6.92 Å². The summed E-state index contributed by atoms with van der Waals surface area (Å²) >= 11 is 5.74. The van der Waals surface area contributed by atoms with Gasteiger partial charge in [-0.05, 0) is 19.8 Å². The van der Waals surface area contributed by atoms with Crippen LogP contribution in [-0.2, 0) is 7.05 Å². The first-order chi connectivity index (χ1) is 7.47. The summed E-state index contributed by atoms with van der Waals surface area (Å²) in [5.41, 5.74) is 1.49. The Kier molecular flexibility index (Phi) is 4.35. The molecule has 0 aliphatic heterocycles. The van der Waals surface area contributed by atoms with Crippen LogP contribution in [-0.4, -0.2) is 27.6 Å². The third-order valence-corrected chi connectivity index (χ3v) is 3.42. The molecule has 90 valence electrons. The van der Waals surface area contributed by atoms with Gasteiger partial charge >= 0.3 is 0 Å². The van der Waals surface area contributed by atoms with Crippen molar-refractivity contribution in [3.63, 3.8) is 0 Å².